The first-order chi connectivity index (χ1) is 8.95. The third-order valence-electron chi connectivity index (χ3n) is 2.77. The minimum absolute atomic E-state index is 0.252. The molecule has 0 radical (unpaired) electrons. The number of halogens is 4. The summed E-state index contributed by atoms with van der Waals surface area (Å²) in [4.78, 5) is 0. The maximum atomic E-state index is 13.0. The molecule has 0 spiro atoms. The molecule has 0 amide bonds. The van der Waals surface area contributed by atoms with E-state index >= 15 is 0 Å². The zero-order valence-electron chi connectivity index (χ0n) is 9.84. The second-order valence-electron chi connectivity index (χ2n) is 4.25. The average Bonchev–Trinajstić information content (AvgIpc) is 2.31. The summed E-state index contributed by atoms with van der Waals surface area (Å²) in [6, 6.07) is 9.53. The van der Waals surface area contributed by atoms with E-state index in [1.807, 2.05) is 0 Å². The number of benzene rings is 2. The minimum atomic E-state index is -0.282. The van der Waals surface area contributed by atoms with Crippen molar-refractivity contribution in [2.45, 2.75) is 12.5 Å². The van der Waals surface area contributed by atoms with Gasteiger partial charge >= 0.3 is 0 Å². The molecule has 2 N–H and O–H groups in total. The van der Waals surface area contributed by atoms with E-state index < -0.39 is 0 Å². The van der Waals surface area contributed by atoms with Crippen LogP contribution in [0.3, 0.4) is 0 Å². The molecule has 2 rings (SSSR count). The predicted molar refractivity (Wildman–Crippen MR) is 81.2 cm³/mol. The first-order valence-corrected chi connectivity index (χ1v) is 7.16. The van der Waals surface area contributed by atoms with Crippen molar-refractivity contribution in [1.29, 1.82) is 0 Å². The highest BCUT2D eigenvalue weighted by Crippen LogP contribution is 2.27. The second kappa shape index (κ2) is 6.23. The Balaban J connectivity index is 2.22. The fraction of sp³-hybridized carbons (Fsp3) is 0.143. The summed E-state index contributed by atoms with van der Waals surface area (Å²) in [6.45, 7) is 0. The molecule has 0 heterocycles. The Morgan fingerprint density at radius 3 is 2.32 bits per heavy atom. The summed E-state index contributed by atoms with van der Waals surface area (Å²) < 4.78 is 13.7. The van der Waals surface area contributed by atoms with Gasteiger partial charge in [0.15, 0.2) is 0 Å². The molecule has 0 fully saturated rings. The van der Waals surface area contributed by atoms with Crippen molar-refractivity contribution in [1.82, 2.24) is 0 Å². The van der Waals surface area contributed by atoms with Gasteiger partial charge < -0.3 is 5.73 Å². The first kappa shape index (κ1) is 14.8. The van der Waals surface area contributed by atoms with Crippen molar-refractivity contribution < 1.29 is 4.39 Å². The monoisotopic (exact) mass is 361 g/mol. The lowest BCUT2D eigenvalue weighted by Crippen LogP contribution is -2.13. The van der Waals surface area contributed by atoms with E-state index in [4.69, 9.17) is 28.9 Å². The number of hydrogen-bond donors (Lipinski definition) is 1. The van der Waals surface area contributed by atoms with Crippen LogP contribution in [-0.4, -0.2) is 0 Å². The fourth-order valence-electron chi connectivity index (χ4n) is 1.83. The van der Waals surface area contributed by atoms with Crippen LogP contribution < -0.4 is 5.73 Å². The van der Waals surface area contributed by atoms with E-state index in [2.05, 4.69) is 15.9 Å². The van der Waals surface area contributed by atoms with Gasteiger partial charge in [0.25, 0.3) is 0 Å². The van der Waals surface area contributed by atoms with Crippen molar-refractivity contribution in [2.24, 2.45) is 5.73 Å². The van der Waals surface area contributed by atoms with Gasteiger partial charge in [0.05, 0.1) is 0 Å². The molecule has 19 heavy (non-hydrogen) atoms. The fourth-order valence-corrected chi connectivity index (χ4v) is 2.89. The third-order valence-corrected chi connectivity index (χ3v) is 3.94. The molecular weight excluding hydrogens is 352 g/mol. The molecule has 0 aliphatic carbocycles. The van der Waals surface area contributed by atoms with Crippen LogP contribution in [0.25, 0.3) is 0 Å². The lowest BCUT2D eigenvalue weighted by molar-refractivity contribution is 0.624. The van der Waals surface area contributed by atoms with Gasteiger partial charge in [-0.2, -0.15) is 0 Å². The molecule has 1 unspecified atom stereocenters. The van der Waals surface area contributed by atoms with Crippen molar-refractivity contribution in [3.05, 3.63) is 67.9 Å². The van der Waals surface area contributed by atoms with Crippen molar-refractivity contribution >= 4 is 39.1 Å². The lowest BCUT2D eigenvalue weighted by Gasteiger charge is -2.14. The van der Waals surface area contributed by atoms with Gasteiger partial charge in [-0.3, -0.25) is 0 Å². The summed E-state index contributed by atoms with van der Waals surface area (Å²) in [5, 5.41) is 1.10. The minimum Gasteiger partial charge on any atom is -0.324 e. The molecule has 0 saturated heterocycles. The maximum Gasteiger partial charge on any atom is 0.124 e. The molecule has 1 atom stereocenters. The van der Waals surface area contributed by atoms with Gasteiger partial charge in [-0.15, -0.1) is 0 Å². The second-order valence-corrected chi connectivity index (χ2v) is 5.98. The number of rotatable bonds is 3. The maximum absolute atomic E-state index is 13.0. The van der Waals surface area contributed by atoms with Gasteiger partial charge in [-0.1, -0.05) is 45.2 Å². The Bertz CT molecular complexity index is 584. The van der Waals surface area contributed by atoms with Gasteiger partial charge in [0, 0.05) is 20.6 Å². The highest BCUT2D eigenvalue weighted by molar-refractivity contribution is 9.10. The molecule has 0 aromatic heterocycles. The highest BCUT2D eigenvalue weighted by Gasteiger charge is 2.11. The largest absolute Gasteiger partial charge is 0.324 e. The van der Waals surface area contributed by atoms with Crippen LogP contribution in [0, 0.1) is 5.82 Å². The van der Waals surface area contributed by atoms with Crippen LogP contribution in [0.15, 0.2) is 40.9 Å². The molecule has 0 aliphatic heterocycles. The van der Waals surface area contributed by atoms with E-state index in [1.54, 1.807) is 24.3 Å². The lowest BCUT2D eigenvalue weighted by atomic mass is 10.00. The third kappa shape index (κ3) is 3.93. The summed E-state index contributed by atoms with van der Waals surface area (Å²) in [5.74, 6) is -0.282. The van der Waals surface area contributed by atoms with Crippen molar-refractivity contribution in [3.8, 4) is 0 Å². The SMILES string of the molecule is NC(Cc1ccc(F)cc1Br)c1cc(Cl)cc(Cl)c1. The van der Waals surface area contributed by atoms with Crippen LogP contribution >= 0.6 is 39.1 Å². The topological polar surface area (TPSA) is 26.0 Å². The Labute approximate surface area is 129 Å². The van der Waals surface area contributed by atoms with Crippen molar-refractivity contribution in [2.75, 3.05) is 0 Å². The van der Waals surface area contributed by atoms with E-state index in [1.165, 1.54) is 12.1 Å². The zero-order valence-corrected chi connectivity index (χ0v) is 12.9. The van der Waals surface area contributed by atoms with Crippen LogP contribution in [0.1, 0.15) is 17.2 Å². The number of hydrogen-bond acceptors (Lipinski definition) is 1. The van der Waals surface area contributed by atoms with Crippen molar-refractivity contribution in [3.63, 3.8) is 0 Å². The van der Waals surface area contributed by atoms with Crippen LogP contribution in [-0.2, 0) is 6.42 Å². The smallest absolute Gasteiger partial charge is 0.124 e. The molecule has 2 aromatic rings. The molecule has 5 heteroatoms. The summed E-state index contributed by atoms with van der Waals surface area (Å²) in [5.41, 5.74) is 7.93. The summed E-state index contributed by atoms with van der Waals surface area (Å²) in [6.07, 6.45) is 0.567. The average molecular weight is 363 g/mol. The summed E-state index contributed by atoms with van der Waals surface area (Å²) >= 11 is 15.2. The molecule has 1 nitrogen and oxygen atoms in total. The van der Waals surface area contributed by atoms with Gasteiger partial charge in [-0.05, 0) is 47.9 Å². The molecule has 2 aromatic carbocycles. The Morgan fingerprint density at radius 2 is 1.74 bits per heavy atom. The van der Waals surface area contributed by atoms with E-state index in [9.17, 15) is 4.39 Å². The predicted octanol–water partition coefficient (Wildman–Crippen LogP) is 5.14. The standard InChI is InChI=1S/C14H11BrCl2FN/c15-13-7-12(18)2-1-8(13)5-14(19)9-3-10(16)6-11(17)4-9/h1-4,6-7,14H,5,19H2. The van der Waals surface area contributed by atoms with Gasteiger partial charge in [0.1, 0.15) is 5.82 Å². The Hall–Kier alpha value is -0.610. The van der Waals surface area contributed by atoms with E-state index in [0.29, 0.717) is 20.9 Å². The molecular formula is C14H11BrCl2FN. The Kier molecular flexibility index (Phi) is 4.85. The highest BCUT2D eigenvalue weighted by atomic mass is 79.9. The van der Waals surface area contributed by atoms with E-state index in [0.717, 1.165) is 11.1 Å². The first-order valence-electron chi connectivity index (χ1n) is 5.61. The molecule has 0 aliphatic rings. The summed E-state index contributed by atoms with van der Waals surface area (Å²) in [7, 11) is 0. The van der Waals surface area contributed by atoms with E-state index in [-0.39, 0.29) is 11.9 Å². The molecule has 100 valence electrons. The van der Waals surface area contributed by atoms with Crippen LogP contribution in [0.2, 0.25) is 10.0 Å². The zero-order chi connectivity index (χ0) is 14.0. The number of nitrogens with two attached hydrogens (primary N) is 1. The Morgan fingerprint density at radius 1 is 1.11 bits per heavy atom. The molecule has 0 bridgehead atoms. The van der Waals surface area contributed by atoms with Crippen LogP contribution in [0.4, 0.5) is 4.39 Å². The normalized spacial score (nSPS) is 12.5. The van der Waals surface area contributed by atoms with Gasteiger partial charge in [-0.25, -0.2) is 4.39 Å². The quantitative estimate of drug-likeness (QED) is 0.803. The van der Waals surface area contributed by atoms with Gasteiger partial charge in [0.2, 0.25) is 0 Å². The molecule has 0 saturated carbocycles. The van der Waals surface area contributed by atoms with Crippen LogP contribution in [0.5, 0.6) is 0 Å².